The van der Waals surface area contributed by atoms with Crippen LogP contribution in [0.1, 0.15) is 50.0 Å². The van der Waals surface area contributed by atoms with Crippen molar-refractivity contribution in [1.29, 1.82) is 0 Å². The second-order valence-electron chi connectivity index (χ2n) is 7.08. The van der Waals surface area contributed by atoms with E-state index in [4.69, 9.17) is 5.11 Å². The van der Waals surface area contributed by atoms with Gasteiger partial charge >= 0.3 is 5.97 Å². The van der Waals surface area contributed by atoms with Gasteiger partial charge in [0, 0.05) is 12.5 Å². The van der Waals surface area contributed by atoms with Gasteiger partial charge in [-0.2, -0.15) is 0 Å². The highest BCUT2D eigenvalue weighted by Gasteiger charge is 2.32. The summed E-state index contributed by atoms with van der Waals surface area (Å²) in [6, 6.07) is 10.6. The number of carboxylic acid groups (broad SMARTS) is 1. The first kappa shape index (κ1) is 16.0. The van der Waals surface area contributed by atoms with Crippen LogP contribution in [0, 0.1) is 17.8 Å². The minimum Gasteiger partial charge on any atom is -0.481 e. The Balaban J connectivity index is 1.36. The SMILES string of the molecule is O=C(O)C1CCC(C(=O)NCC2CC(c3ccccc3)C2)CC1. The topological polar surface area (TPSA) is 66.4 Å². The summed E-state index contributed by atoms with van der Waals surface area (Å²) in [6.45, 7) is 0.765. The van der Waals surface area contributed by atoms with Gasteiger partial charge in [-0.1, -0.05) is 30.3 Å². The molecule has 2 fully saturated rings. The molecule has 0 heterocycles. The van der Waals surface area contributed by atoms with Crippen LogP contribution in [0.5, 0.6) is 0 Å². The number of carbonyl (C=O) groups excluding carboxylic acids is 1. The van der Waals surface area contributed by atoms with E-state index in [1.807, 2.05) is 6.07 Å². The van der Waals surface area contributed by atoms with Crippen LogP contribution in [0.15, 0.2) is 30.3 Å². The molecule has 0 aromatic heterocycles. The maximum Gasteiger partial charge on any atom is 0.306 e. The maximum atomic E-state index is 12.2. The van der Waals surface area contributed by atoms with Gasteiger partial charge in [0.05, 0.1) is 5.92 Å². The van der Waals surface area contributed by atoms with Crippen LogP contribution in [0.25, 0.3) is 0 Å². The molecule has 2 saturated carbocycles. The van der Waals surface area contributed by atoms with E-state index in [1.54, 1.807) is 0 Å². The summed E-state index contributed by atoms with van der Waals surface area (Å²) in [5.74, 6) is 0.388. The van der Waals surface area contributed by atoms with E-state index >= 15 is 0 Å². The smallest absolute Gasteiger partial charge is 0.306 e. The molecule has 0 spiro atoms. The van der Waals surface area contributed by atoms with Crippen molar-refractivity contribution < 1.29 is 14.7 Å². The summed E-state index contributed by atoms with van der Waals surface area (Å²) in [7, 11) is 0. The van der Waals surface area contributed by atoms with Gasteiger partial charge in [0.15, 0.2) is 0 Å². The second kappa shape index (κ2) is 7.16. The van der Waals surface area contributed by atoms with E-state index in [-0.39, 0.29) is 17.7 Å². The van der Waals surface area contributed by atoms with Gasteiger partial charge in [-0.3, -0.25) is 9.59 Å². The van der Waals surface area contributed by atoms with Gasteiger partial charge in [0.1, 0.15) is 0 Å². The Hall–Kier alpha value is -1.84. The zero-order valence-corrected chi connectivity index (χ0v) is 13.4. The number of carbonyl (C=O) groups is 2. The average molecular weight is 315 g/mol. The summed E-state index contributed by atoms with van der Waals surface area (Å²) >= 11 is 0. The molecule has 1 aromatic rings. The number of rotatable bonds is 5. The van der Waals surface area contributed by atoms with E-state index in [0.29, 0.717) is 37.5 Å². The lowest BCUT2D eigenvalue weighted by molar-refractivity contribution is -0.144. The van der Waals surface area contributed by atoms with E-state index in [2.05, 4.69) is 29.6 Å². The lowest BCUT2D eigenvalue weighted by Gasteiger charge is -2.36. The van der Waals surface area contributed by atoms with Gasteiger partial charge in [0.2, 0.25) is 5.91 Å². The average Bonchev–Trinajstić information content (AvgIpc) is 2.54. The van der Waals surface area contributed by atoms with Gasteiger partial charge in [0.25, 0.3) is 0 Å². The lowest BCUT2D eigenvalue weighted by Crippen LogP contribution is -2.39. The fraction of sp³-hybridized carbons (Fsp3) is 0.579. The molecule has 2 N–H and O–H groups in total. The van der Waals surface area contributed by atoms with Crippen molar-refractivity contribution in [1.82, 2.24) is 5.32 Å². The molecular formula is C19H25NO3. The van der Waals surface area contributed by atoms with Crippen molar-refractivity contribution in [2.24, 2.45) is 17.8 Å². The van der Waals surface area contributed by atoms with Gasteiger partial charge in [-0.25, -0.2) is 0 Å². The molecule has 0 bridgehead atoms. The summed E-state index contributed by atoms with van der Waals surface area (Å²) in [6.07, 6.45) is 4.98. The van der Waals surface area contributed by atoms with Gasteiger partial charge < -0.3 is 10.4 Å². The van der Waals surface area contributed by atoms with Crippen molar-refractivity contribution in [3.05, 3.63) is 35.9 Å². The lowest BCUT2D eigenvalue weighted by atomic mass is 9.71. The van der Waals surface area contributed by atoms with E-state index in [0.717, 1.165) is 19.4 Å². The third-order valence-corrected chi connectivity index (χ3v) is 5.52. The zero-order chi connectivity index (χ0) is 16.2. The van der Waals surface area contributed by atoms with Crippen LogP contribution < -0.4 is 5.32 Å². The van der Waals surface area contributed by atoms with Crippen LogP contribution in [-0.2, 0) is 9.59 Å². The zero-order valence-electron chi connectivity index (χ0n) is 13.4. The summed E-state index contributed by atoms with van der Waals surface area (Å²) < 4.78 is 0. The number of hydrogen-bond donors (Lipinski definition) is 2. The Morgan fingerprint density at radius 2 is 1.61 bits per heavy atom. The predicted octanol–water partition coefficient (Wildman–Crippen LogP) is 3.19. The first-order valence-electron chi connectivity index (χ1n) is 8.69. The van der Waals surface area contributed by atoms with E-state index in [1.165, 1.54) is 5.56 Å². The van der Waals surface area contributed by atoms with Crippen LogP contribution in [0.3, 0.4) is 0 Å². The highest BCUT2D eigenvalue weighted by atomic mass is 16.4. The first-order valence-corrected chi connectivity index (χ1v) is 8.69. The number of nitrogens with one attached hydrogen (secondary N) is 1. The molecule has 3 rings (SSSR count). The van der Waals surface area contributed by atoms with Gasteiger partial charge in [-0.15, -0.1) is 0 Å². The highest BCUT2D eigenvalue weighted by molar-refractivity contribution is 5.79. The third-order valence-electron chi connectivity index (χ3n) is 5.52. The molecule has 0 atom stereocenters. The second-order valence-corrected chi connectivity index (χ2v) is 7.08. The molecule has 4 heteroatoms. The molecule has 0 aliphatic heterocycles. The van der Waals surface area contributed by atoms with Crippen molar-refractivity contribution in [3.63, 3.8) is 0 Å². The first-order chi connectivity index (χ1) is 11.1. The van der Waals surface area contributed by atoms with E-state index < -0.39 is 5.97 Å². The highest BCUT2D eigenvalue weighted by Crippen LogP contribution is 2.41. The van der Waals surface area contributed by atoms with Gasteiger partial charge in [-0.05, 0) is 55.9 Å². The standard InChI is InChI=1S/C19H25NO3/c21-18(15-6-8-16(9-7-15)19(22)23)20-12-13-10-17(11-13)14-4-2-1-3-5-14/h1-5,13,15-17H,6-12H2,(H,20,21)(H,22,23). The van der Waals surface area contributed by atoms with Crippen LogP contribution in [0.2, 0.25) is 0 Å². The van der Waals surface area contributed by atoms with Crippen molar-refractivity contribution >= 4 is 11.9 Å². The molecule has 2 aliphatic carbocycles. The maximum absolute atomic E-state index is 12.2. The number of benzene rings is 1. The molecule has 4 nitrogen and oxygen atoms in total. The predicted molar refractivity (Wildman–Crippen MR) is 88.0 cm³/mol. The van der Waals surface area contributed by atoms with Crippen molar-refractivity contribution in [3.8, 4) is 0 Å². The molecule has 1 aromatic carbocycles. The fourth-order valence-corrected chi connectivity index (χ4v) is 3.89. The Morgan fingerprint density at radius 1 is 1.00 bits per heavy atom. The molecule has 2 aliphatic rings. The monoisotopic (exact) mass is 315 g/mol. The molecule has 124 valence electrons. The van der Waals surface area contributed by atoms with Crippen LogP contribution in [-0.4, -0.2) is 23.5 Å². The number of carboxylic acids is 1. The molecule has 0 radical (unpaired) electrons. The Morgan fingerprint density at radius 3 is 2.22 bits per heavy atom. The van der Waals surface area contributed by atoms with Crippen molar-refractivity contribution in [2.45, 2.75) is 44.4 Å². The van der Waals surface area contributed by atoms with E-state index in [9.17, 15) is 9.59 Å². The third kappa shape index (κ3) is 3.92. The molecule has 1 amide bonds. The van der Waals surface area contributed by atoms with Crippen LogP contribution in [0.4, 0.5) is 0 Å². The minimum absolute atomic E-state index is 0.00981. The molecular weight excluding hydrogens is 290 g/mol. The Bertz CT molecular complexity index is 543. The quantitative estimate of drug-likeness (QED) is 0.877. The number of hydrogen-bond acceptors (Lipinski definition) is 2. The number of amides is 1. The Labute approximate surface area is 137 Å². The summed E-state index contributed by atoms with van der Waals surface area (Å²) in [4.78, 5) is 23.2. The summed E-state index contributed by atoms with van der Waals surface area (Å²) in [5.41, 5.74) is 1.40. The normalized spacial score (nSPS) is 30.3. The number of aliphatic carboxylic acids is 1. The Kier molecular flexibility index (Phi) is 4.99. The largest absolute Gasteiger partial charge is 0.481 e. The molecule has 0 unspecified atom stereocenters. The fourth-order valence-electron chi connectivity index (χ4n) is 3.89. The summed E-state index contributed by atoms with van der Waals surface area (Å²) in [5, 5.41) is 12.1. The molecule has 0 saturated heterocycles. The van der Waals surface area contributed by atoms with Crippen molar-refractivity contribution in [2.75, 3.05) is 6.54 Å². The minimum atomic E-state index is -0.717. The molecule has 23 heavy (non-hydrogen) atoms. The van der Waals surface area contributed by atoms with Crippen LogP contribution >= 0.6 is 0 Å².